The van der Waals surface area contributed by atoms with Crippen molar-refractivity contribution < 1.29 is 4.39 Å². The number of benzene rings is 1. The zero-order valence-electron chi connectivity index (χ0n) is 15.0. The van der Waals surface area contributed by atoms with Gasteiger partial charge in [0.25, 0.3) is 0 Å². The number of halogens is 1. The molecule has 1 aromatic carbocycles. The number of guanidine groups is 1. The molecule has 0 aliphatic rings. The molecule has 0 amide bonds. The lowest BCUT2D eigenvalue weighted by Crippen LogP contribution is -2.38. The van der Waals surface area contributed by atoms with Gasteiger partial charge in [0.15, 0.2) is 5.96 Å². The predicted molar refractivity (Wildman–Crippen MR) is 98.1 cm³/mol. The maximum absolute atomic E-state index is 13.3. The summed E-state index contributed by atoms with van der Waals surface area (Å²) in [5.41, 5.74) is 0.878. The molecule has 7 nitrogen and oxygen atoms in total. The van der Waals surface area contributed by atoms with Crippen molar-refractivity contribution >= 4 is 11.6 Å². The molecule has 0 saturated carbocycles. The first kappa shape index (κ1) is 18.7. The smallest absolute Gasteiger partial charge is 0.191 e. The summed E-state index contributed by atoms with van der Waals surface area (Å²) < 4.78 is 15.0. The fraction of sp³-hybridized carbons (Fsp3) is 0.471. The van der Waals surface area contributed by atoms with Gasteiger partial charge < -0.3 is 15.5 Å². The molecule has 0 unspecified atom stereocenters. The molecular weight excluding hydrogens is 321 g/mol. The summed E-state index contributed by atoms with van der Waals surface area (Å²) in [4.78, 5) is 10.7. The Morgan fingerprint density at radius 2 is 2.20 bits per heavy atom. The van der Waals surface area contributed by atoms with Crippen LogP contribution in [0.4, 0.5) is 10.1 Å². The highest BCUT2D eigenvalue weighted by Crippen LogP contribution is 2.13. The number of hydrogen-bond donors (Lipinski definition) is 2. The van der Waals surface area contributed by atoms with Gasteiger partial charge >= 0.3 is 0 Å². The number of anilines is 1. The van der Waals surface area contributed by atoms with Gasteiger partial charge in [-0.05, 0) is 31.5 Å². The van der Waals surface area contributed by atoms with E-state index in [0.29, 0.717) is 6.54 Å². The molecule has 136 valence electrons. The summed E-state index contributed by atoms with van der Waals surface area (Å²) in [6.45, 7) is 4.86. The summed E-state index contributed by atoms with van der Waals surface area (Å²) in [6, 6.07) is 6.62. The molecule has 0 radical (unpaired) electrons. The van der Waals surface area contributed by atoms with E-state index in [9.17, 15) is 4.39 Å². The fourth-order valence-corrected chi connectivity index (χ4v) is 2.32. The second-order valence-corrected chi connectivity index (χ2v) is 5.68. The van der Waals surface area contributed by atoms with Crippen molar-refractivity contribution in [3.8, 4) is 0 Å². The number of rotatable bonds is 8. The minimum Gasteiger partial charge on any atom is -0.374 e. The maximum atomic E-state index is 13.3. The van der Waals surface area contributed by atoms with Crippen molar-refractivity contribution in [3.05, 3.63) is 42.2 Å². The van der Waals surface area contributed by atoms with E-state index in [1.165, 1.54) is 12.4 Å². The van der Waals surface area contributed by atoms with Crippen LogP contribution in [0.2, 0.25) is 0 Å². The highest BCUT2D eigenvalue weighted by molar-refractivity contribution is 5.79. The summed E-state index contributed by atoms with van der Waals surface area (Å²) in [5.74, 6) is 1.34. The summed E-state index contributed by atoms with van der Waals surface area (Å²) >= 11 is 0. The molecule has 1 heterocycles. The third-order valence-electron chi connectivity index (χ3n) is 3.74. The molecule has 1 aromatic heterocycles. The first-order chi connectivity index (χ1) is 12.1. The van der Waals surface area contributed by atoms with Crippen molar-refractivity contribution in [2.24, 2.45) is 12.0 Å². The number of hydrogen-bond acceptors (Lipinski definition) is 4. The van der Waals surface area contributed by atoms with Crippen molar-refractivity contribution in [3.63, 3.8) is 0 Å². The number of aryl methyl sites for hydroxylation is 1. The predicted octanol–water partition coefficient (Wildman–Crippen LogP) is 1.54. The summed E-state index contributed by atoms with van der Waals surface area (Å²) in [6.07, 6.45) is 2.43. The molecule has 0 aliphatic heterocycles. The van der Waals surface area contributed by atoms with E-state index in [2.05, 4.69) is 25.7 Å². The molecule has 2 aromatic rings. The molecule has 2 N–H and O–H groups in total. The van der Waals surface area contributed by atoms with Gasteiger partial charge in [-0.25, -0.2) is 14.4 Å². The zero-order valence-corrected chi connectivity index (χ0v) is 15.0. The van der Waals surface area contributed by atoms with Gasteiger partial charge in [-0.3, -0.25) is 4.68 Å². The van der Waals surface area contributed by atoms with Gasteiger partial charge in [-0.15, -0.1) is 0 Å². The van der Waals surface area contributed by atoms with E-state index in [0.717, 1.165) is 43.5 Å². The molecule has 0 atom stereocenters. The molecule has 0 aliphatic carbocycles. The standard InChI is InChI=1S/C17H26FN7/c1-4-19-17(21-12-16-22-13-23-25(16)3)20-9-6-10-24(2)15-8-5-7-14(18)11-15/h5,7-8,11,13H,4,6,9-10,12H2,1-3H3,(H2,19,20,21). The SMILES string of the molecule is CCNC(=NCc1ncnn1C)NCCCN(C)c1cccc(F)c1. The Labute approximate surface area is 148 Å². The van der Waals surface area contributed by atoms with Crippen LogP contribution in [0.5, 0.6) is 0 Å². The topological polar surface area (TPSA) is 70.4 Å². The van der Waals surface area contributed by atoms with Crippen molar-refractivity contribution in [1.82, 2.24) is 25.4 Å². The molecule has 2 rings (SSSR count). The van der Waals surface area contributed by atoms with Gasteiger partial charge in [-0.2, -0.15) is 5.10 Å². The first-order valence-electron chi connectivity index (χ1n) is 8.42. The van der Waals surface area contributed by atoms with Crippen molar-refractivity contribution in [2.45, 2.75) is 19.9 Å². The van der Waals surface area contributed by atoms with E-state index < -0.39 is 0 Å². The fourth-order valence-electron chi connectivity index (χ4n) is 2.32. The Bertz CT molecular complexity index is 683. The molecular formula is C17H26FN7. The maximum Gasteiger partial charge on any atom is 0.191 e. The highest BCUT2D eigenvalue weighted by Gasteiger charge is 2.04. The van der Waals surface area contributed by atoms with E-state index in [-0.39, 0.29) is 5.82 Å². The number of nitrogens with one attached hydrogen (secondary N) is 2. The average Bonchev–Trinajstić information content (AvgIpc) is 3.01. The lowest BCUT2D eigenvalue weighted by atomic mass is 10.2. The Morgan fingerprint density at radius 3 is 2.88 bits per heavy atom. The molecule has 0 saturated heterocycles. The Balaban J connectivity index is 1.78. The highest BCUT2D eigenvalue weighted by atomic mass is 19.1. The van der Waals surface area contributed by atoms with Crippen LogP contribution in [0.3, 0.4) is 0 Å². The largest absolute Gasteiger partial charge is 0.374 e. The van der Waals surface area contributed by atoms with Crippen LogP contribution >= 0.6 is 0 Å². The minimum absolute atomic E-state index is 0.215. The van der Waals surface area contributed by atoms with E-state index in [1.807, 2.05) is 32.0 Å². The quantitative estimate of drug-likeness (QED) is 0.431. The van der Waals surface area contributed by atoms with Crippen LogP contribution in [0.1, 0.15) is 19.2 Å². The lowest BCUT2D eigenvalue weighted by molar-refractivity contribution is 0.626. The number of aromatic nitrogens is 3. The average molecular weight is 347 g/mol. The van der Waals surface area contributed by atoms with Crippen LogP contribution in [0, 0.1) is 5.82 Å². The van der Waals surface area contributed by atoms with Gasteiger partial charge in [0.05, 0.1) is 0 Å². The number of nitrogens with zero attached hydrogens (tertiary/aromatic N) is 5. The Morgan fingerprint density at radius 1 is 1.36 bits per heavy atom. The summed E-state index contributed by atoms with van der Waals surface area (Å²) in [5, 5.41) is 10.5. The minimum atomic E-state index is -0.215. The van der Waals surface area contributed by atoms with Crippen molar-refractivity contribution in [2.75, 3.05) is 31.6 Å². The normalized spacial score (nSPS) is 11.4. The van der Waals surface area contributed by atoms with Crippen LogP contribution in [-0.2, 0) is 13.6 Å². The Kier molecular flexibility index (Phi) is 7.18. The number of aliphatic imine (C=N–C) groups is 1. The van der Waals surface area contributed by atoms with Gasteiger partial charge in [0, 0.05) is 39.4 Å². The third kappa shape index (κ3) is 6.06. The van der Waals surface area contributed by atoms with E-state index >= 15 is 0 Å². The monoisotopic (exact) mass is 347 g/mol. The van der Waals surface area contributed by atoms with Gasteiger partial charge in [0.2, 0.25) is 0 Å². The van der Waals surface area contributed by atoms with Gasteiger partial charge in [0.1, 0.15) is 24.5 Å². The lowest BCUT2D eigenvalue weighted by Gasteiger charge is -2.19. The Hall–Kier alpha value is -2.64. The summed E-state index contributed by atoms with van der Waals surface area (Å²) in [7, 11) is 3.81. The van der Waals surface area contributed by atoms with Crippen LogP contribution in [0.15, 0.2) is 35.6 Å². The van der Waals surface area contributed by atoms with E-state index in [1.54, 1.807) is 16.8 Å². The van der Waals surface area contributed by atoms with Crippen LogP contribution < -0.4 is 15.5 Å². The molecule has 0 bridgehead atoms. The van der Waals surface area contributed by atoms with Gasteiger partial charge in [-0.1, -0.05) is 6.07 Å². The first-order valence-corrected chi connectivity index (χ1v) is 8.42. The molecule has 0 fully saturated rings. The van der Waals surface area contributed by atoms with Crippen molar-refractivity contribution in [1.29, 1.82) is 0 Å². The molecule has 0 spiro atoms. The van der Waals surface area contributed by atoms with Crippen LogP contribution in [-0.4, -0.2) is 47.4 Å². The van der Waals surface area contributed by atoms with E-state index in [4.69, 9.17) is 0 Å². The third-order valence-corrected chi connectivity index (χ3v) is 3.74. The molecule has 25 heavy (non-hydrogen) atoms. The zero-order chi connectivity index (χ0) is 18.1. The second kappa shape index (κ2) is 9.61. The second-order valence-electron chi connectivity index (χ2n) is 5.68. The molecule has 8 heteroatoms. The van der Waals surface area contributed by atoms with Crippen LogP contribution in [0.25, 0.3) is 0 Å².